The zero-order valence-electron chi connectivity index (χ0n) is 13.9. The van der Waals surface area contributed by atoms with Gasteiger partial charge in [-0.15, -0.1) is 0 Å². The predicted octanol–water partition coefficient (Wildman–Crippen LogP) is 1.43. The predicted molar refractivity (Wildman–Crippen MR) is 90.5 cm³/mol. The SMILES string of the molecule is Cc1cccc(C[C@H]2CCCN(C(=O)Cn3cccnc3=O)C2)n1. The summed E-state index contributed by atoms with van der Waals surface area (Å²) >= 11 is 0. The number of carbonyl (C=O) groups is 1. The number of aromatic nitrogens is 3. The summed E-state index contributed by atoms with van der Waals surface area (Å²) in [5, 5.41) is 0. The van der Waals surface area contributed by atoms with Gasteiger partial charge in [0.2, 0.25) is 5.91 Å². The van der Waals surface area contributed by atoms with Gasteiger partial charge in [-0.2, -0.15) is 0 Å². The smallest absolute Gasteiger partial charge is 0.341 e. The lowest BCUT2D eigenvalue weighted by Crippen LogP contribution is -2.43. The Balaban J connectivity index is 1.61. The summed E-state index contributed by atoms with van der Waals surface area (Å²) < 4.78 is 1.36. The molecule has 1 amide bonds. The highest BCUT2D eigenvalue weighted by atomic mass is 16.2. The molecule has 0 N–H and O–H groups in total. The fourth-order valence-corrected chi connectivity index (χ4v) is 3.22. The second-order valence-electron chi connectivity index (χ2n) is 6.35. The summed E-state index contributed by atoms with van der Waals surface area (Å²) in [6, 6.07) is 7.73. The van der Waals surface area contributed by atoms with Gasteiger partial charge in [0.15, 0.2) is 0 Å². The van der Waals surface area contributed by atoms with Crippen molar-refractivity contribution in [2.24, 2.45) is 5.92 Å². The van der Waals surface area contributed by atoms with Crippen LogP contribution in [0.25, 0.3) is 0 Å². The second-order valence-corrected chi connectivity index (χ2v) is 6.35. The quantitative estimate of drug-likeness (QED) is 0.852. The van der Waals surface area contributed by atoms with E-state index in [1.54, 1.807) is 12.3 Å². The van der Waals surface area contributed by atoms with E-state index in [0.29, 0.717) is 5.92 Å². The van der Waals surface area contributed by atoms with Crippen molar-refractivity contribution >= 4 is 5.91 Å². The molecule has 1 fully saturated rings. The van der Waals surface area contributed by atoms with Gasteiger partial charge >= 0.3 is 5.69 Å². The first-order valence-electron chi connectivity index (χ1n) is 8.33. The van der Waals surface area contributed by atoms with Gasteiger partial charge in [-0.1, -0.05) is 6.07 Å². The Morgan fingerprint density at radius 1 is 1.33 bits per heavy atom. The van der Waals surface area contributed by atoms with Crippen molar-refractivity contribution in [1.29, 1.82) is 0 Å². The number of aryl methyl sites for hydroxylation is 1. The van der Waals surface area contributed by atoms with Gasteiger partial charge in [-0.05, 0) is 50.3 Å². The number of piperidine rings is 1. The van der Waals surface area contributed by atoms with E-state index in [4.69, 9.17) is 0 Å². The van der Waals surface area contributed by atoms with Gasteiger partial charge in [-0.25, -0.2) is 9.78 Å². The molecule has 1 aliphatic rings. The Bertz CT molecular complexity index is 771. The molecule has 1 saturated heterocycles. The van der Waals surface area contributed by atoms with E-state index >= 15 is 0 Å². The normalized spacial score (nSPS) is 17.7. The van der Waals surface area contributed by atoms with Crippen LogP contribution >= 0.6 is 0 Å². The molecule has 3 rings (SSSR count). The average Bonchev–Trinajstić information content (AvgIpc) is 2.57. The molecule has 0 aliphatic carbocycles. The molecular formula is C18H22N4O2. The maximum absolute atomic E-state index is 12.5. The minimum Gasteiger partial charge on any atom is -0.341 e. The fraction of sp³-hybridized carbons (Fsp3) is 0.444. The van der Waals surface area contributed by atoms with Crippen molar-refractivity contribution in [2.45, 2.75) is 32.7 Å². The molecule has 0 unspecified atom stereocenters. The summed E-state index contributed by atoms with van der Waals surface area (Å²) in [7, 11) is 0. The van der Waals surface area contributed by atoms with Crippen molar-refractivity contribution in [3.63, 3.8) is 0 Å². The molecule has 6 heteroatoms. The number of carbonyl (C=O) groups excluding carboxylic acids is 1. The van der Waals surface area contributed by atoms with E-state index < -0.39 is 0 Å². The molecule has 126 valence electrons. The van der Waals surface area contributed by atoms with Crippen LogP contribution in [0.3, 0.4) is 0 Å². The van der Waals surface area contributed by atoms with E-state index in [0.717, 1.165) is 43.7 Å². The van der Waals surface area contributed by atoms with Crippen LogP contribution in [0.4, 0.5) is 0 Å². The van der Waals surface area contributed by atoms with E-state index in [2.05, 4.69) is 9.97 Å². The number of likely N-dealkylation sites (tertiary alicyclic amines) is 1. The summed E-state index contributed by atoms with van der Waals surface area (Å²) in [5.41, 5.74) is 1.72. The molecule has 2 aromatic rings. The average molecular weight is 326 g/mol. The minimum absolute atomic E-state index is 0.0213. The van der Waals surface area contributed by atoms with E-state index in [1.165, 1.54) is 10.8 Å². The number of rotatable bonds is 4. The van der Waals surface area contributed by atoms with E-state index in [1.807, 2.05) is 30.0 Å². The third-order valence-electron chi connectivity index (χ3n) is 4.40. The van der Waals surface area contributed by atoms with Crippen LogP contribution in [0.5, 0.6) is 0 Å². The van der Waals surface area contributed by atoms with Gasteiger partial charge < -0.3 is 4.90 Å². The zero-order chi connectivity index (χ0) is 16.9. The maximum atomic E-state index is 12.5. The number of amides is 1. The van der Waals surface area contributed by atoms with Gasteiger partial charge in [0.25, 0.3) is 0 Å². The Morgan fingerprint density at radius 3 is 3.00 bits per heavy atom. The molecular weight excluding hydrogens is 304 g/mol. The second kappa shape index (κ2) is 7.38. The molecule has 24 heavy (non-hydrogen) atoms. The van der Waals surface area contributed by atoms with Crippen molar-refractivity contribution in [2.75, 3.05) is 13.1 Å². The van der Waals surface area contributed by atoms with Crippen molar-refractivity contribution in [3.8, 4) is 0 Å². The van der Waals surface area contributed by atoms with Crippen LogP contribution in [0.1, 0.15) is 24.2 Å². The lowest BCUT2D eigenvalue weighted by Gasteiger charge is -2.33. The zero-order valence-corrected chi connectivity index (χ0v) is 13.9. The lowest BCUT2D eigenvalue weighted by atomic mass is 9.93. The standard InChI is InChI=1S/C18H22N4O2/c1-14-5-2-7-16(20-14)11-15-6-3-9-21(12-15)17(23)13-22-10-4-8-19-18(22)24/h2,4-5,7-8,10,15H,3,6,9,11-13H2,1H3/t15-/m1/s1. The number of pyridine rings is 1. The van der Waals surface area contributed by atoms with Gasteiger partial charge in [-0.3, -0.25) is 14.3 Å². The molecule has 2 aromatic heterocycles. The first kappa shape index (κ1) is 16.4. The van der Waals surface area contributed by atoms with Crippen LogP contribution in [0.15, 0.2) is 41.5 Å². The first-order chi connectivity index (χ1) is 11.6. The Hall–Kier alpha value is -2.50. The summed E-state index contributed by atoms with van der Waals surface area (Å²) in [5.74, 6) is 0.398. The van der Waals surface area contributed by atoms with E-state index in [-0.39, 0.29) is 18.1 Å². The monoisotopic (exact) mass is 326 g/mol. The lowest BCUT2D eigenvalue weighted by molar-refractivity contribution is -0.133. The van der Waals surface area contributed by atoms with Gasteiger partial charge in [0, 0.05) is 36.9 Å². The van der Waals surface area contributed by atoms with Crippen LogP contribution < -0.4 is 5.69 Å². The number of nitrogens with zero attached hydrogens (tertiary/aromatic N) is 4. The van der Waals surface area contributed by atoms with Crippen LogP contribution in [-0.2, 0) is 17.8 Å². The van der Waals surface area contributed by atoms with Crippen LogP contribution in [0.2, 0.25) is 0 Å². The molecule has 0 spiro atoms. The number of hydrogen-bond donors (Lipinski definition) is 0. The highest BCUT2D eigenvalue weighted by molar-refractivity contribution is 5.76. The van der Waals surface area contributed by atoms with Crippen LogP contribution in [0, 0.1) is 12.8 Å². The molecule has 0 saturated carbocycles. The molecule has 0 aromatic carbocycles. The molecule has 1 aliphatic heterocycles. The van der Waals surface area contributed by atoms with Gasteiger partial charge in [0.05, 0.1) is 0 Å². The highest BCUT2D eigenvalue weighted by Crippen LogP contribution is 2.20. The highest BCUT2D eigenvalue weighted by Gasteiger charge is 2.24. The van der Waals surface area contributed by atoms with Crippen LogP contribution in [-0.4, -0.2) is 38.4 Å². The fourth-order valence-electron chi connectivity index (χ4n) is 3.22. The van der Waals surface area contributed by atoms with Gasteiger partial charge in [0.1, 0.15) is 6.54 Å². The maximum Gasteiger partial charge on any atom is 0.347 e. The topological polar surface area (TPSA) is 68.1 Å². The van der Waals surface area contributed by atoms with Crippen molar-refractivity contribution in [1.82, 2.24) is 19.4 Å². The largest absolute Gasteiger partial charge is 0.347 e. The number of hydrogen-bond acceptors (Lipinski definition) is 4. The Kier molecular flexibility index (Phi) is 5.03. The molecule has 6 nitrogen and oxygen atoms in total. The summed E-state index contributed by atoms with van der Waals surface area (Å²) in [6.45, 7) is 3.53. The third kappa shape index (κ3) is 4.07. The minimum atomic E-state index is -0.386. The molecule has 3 heterocycles. The van der Waals surface area contributed by atoms with E-state index in [9.17, 15) is 9.59 Å². The van der Waals surface area contributed by atoms with Crippen molar-refractivity contribution in [3.05, 3.63) is 58.5 Å². The molecule has 0 bridgehead atoms. The first-order valence-corrected chi connectivity index (χ1v) is 8.33. The molecule has 1 atom stereocenters. The third-order valence-corrected chi connectivity index (χ3v) is 4.40. The summed E-state index contributed by atoms with van der Waals surface area (Å²) in [6.07, 6.45) is 6.02. The Labute approximate surface area is 141 Å². The molecule has 0 radical (unpaired) electrons. The summed E-state index contributed by atoms with van der Waals surface area (Å²) in [4.78, 5) is 34.3. The Morgan fingerprint density at radius 2 is 2.21 bits per heavy atom. The van der Waals surface area contributed by atoms with Crippen molar-refractivity contribution < 1.29 is 4.79 Å².